The van der Waals surface area contributed by atoms with Gasteiger partial charge in [0.25, 0.3) is 0 Å². The Hall–Kier alpha value is -1.00. The van der Waals surface area contributed by atoms with Crippen molar-refractivity contribution in [3.8, 4) is 0 Å². The van der Waals surface area contributed by atoms with Crippen molar-refractivity contribution in [2.24, 2.45) is 10.4 Å². The Morgan fingerprint density at radius 2 is 2.17 bits per heavy atom. The molecule has 0 amide bonds. The number of ether oxygens (including phenoxy) is 2. The molecule has 0 saturated carbocycles. The zero-order valence-electron chi connectivity index (χ0n) is 9.58. The third-order valence-corrected chi connectivity index (χ3v) is 2.60. The Kier molecular flexibility index (Phi) is 6.22. The molecular weight excluding hydrogens is 248 g/mol. The van der Waals surface area contributed by atoms with E-state index in [0.717, 1.165) is 0 Å². The van der Waals surface area contributed by atoms with E-state index in [-0.39, 0.29) is 19.6 Å². The van der Waals surface area contributed by atoms with Crippen LogP contribution in [0.15, 0.2) is 10.4 Å². The zero-order valence-corrected chi connectivity index (χ0v) is 9.58. The summed E-state index contributed by atoms with van der Waals surface area (Å²) in [5.41, 5.74) is 0. The van der Waals surface area contributed by atoms with Gasteiger partial charge >= 0.3 is 0 Å². The van der Waals surface area contributed by atoms with Crippen LogP contribution in [0, 0.1) is 9.81 Å². The van der Waals surface area contributed by atoms with E-state index in [1.807, 2.05) is 0 Å². The summed E-state index contributed by atoms with van der Waals surface area (Å²) in [4.78, 5) is 20.7. The molecule has 1 rings (SSSR count). The van der Waals surface area contributed by atoms with Crippen molar-refractivity contribution in [2.45, 2.75) is 37.1 Å². The normalized spacial score (nSPS) is 33.9. The van der Waals surface area contributed by atoms with Crippen molar-refractivity contribution < 1.29 is 24.8 Å². The maximum atomic E-state index is 10.5. The smallest absolute Gasteiger partial charge is 0.160 e. The van der Waals surface area contributed by atoms with Crippen molar-refractivity contribution in [3.63, 3.8) is 0 Å². The first-order chi connectivity index (χ1) is 8.62. The van der Waals surface area contributed by atoms with Gasteiger partial charge in [-0.1, -0.05) is 10.4 Å². The Balaban J connectivity index is 2.52. The van der Waals surface area contributed by atoms with E-state index in [0.29, 0.717) is 0 Å². The Morgan fingerprint density at radius 1 is 1.44 bits per heavy atom. The molecular formula is C9H16N2O7. The standard InChI is InChI=1S/C9H16N2O7/c12-3-5(13)4-17-8-1-6(14)9(11-16)7(18-8)2-10-15/h5-9,12-14H,1-4H2. The zero-order chi connectivity index (χ0) is 13.5. The van der Waals surface area contributed by atoms with Gasteiger partial charge in [-0.25, -0.2) is 0 Å². The van der Waals surface area contributed by atoms with Gasteiger partial charge < -0.3 is 24.8 Å². The molecule has 1 saturated heterocycles. The molecule has 9 nitrogen and oxygen atoms in total. The maximum Gasteiger partial charge on any atom is 0.160 e. The molecule has 18 heavy (non-hydrogen) atoms. The van der Waals surface area contributed by atoms with Gasteiger partial charge in [0.2, 0.25) is 0 Å². The van der Waals surface area contributed by atoms with Crippen LogP contribution in [0.3, 0.4) is 0 Å². The lowest BCUT2D eigenvalue weighted by atomic mass is 9.99. The molecule has 0 aromatic rings. The van der Waals surface area contributed by atoms with Crippen LogP contribution in [-0.4, -0.2) is 65.7 Å². The van der Waals surface area contributed by atoms with Crippen LogP contribution in [0.4, 0.5) is 0 Å². The van der Waals surface area contributed by atoms with Crippen LogP contribution in [0.25, 0.3) is 0 Å². The predicted octanol–water partition coefficient (Wildman–Crippen LogP) is -1.27. The SMILES string of the molecule is O=NCC1OC(OCC(O)CO)CC(O)C1N=O. The monoisotopic (exact) mass is 264 g/mol. The molecule has 5 atom stereocenters. The molecule has 1 fully saturated rings. The number of hydrogen-bond acceptors (Lipinski definition) is 9. The summed E-state index contributed by atoms with van der Waals surface area (Å²) < 4.78 is 10.3. The van der Waals surface area contributed by atoms with E-state index in [2.05, 4.69) is 10.4 Å². The molecule has 0 aromatic carbocycles. The molecule has 0 spiro atoms. The highest BCUT2D eigenvalue weighted by molar-refractivity contribution is 4.89. The summed E-state index contributed by atoms with van der Waals surface area (Å²) >= 11 is 0. The summed E-state index contributed by atoms with van der Waals surface area (Å²) in [6.45, 7) is -0.975. The summed E-state index contributed by atoms with van der Waals surface area (Å²) in [5, 5.41) is 32.7. The van der Waals surface area contributed by atoms with Gasteiger partial charge in [-0.2, -0.15) is 9.81 Å². The number of aliphatic hydroxyl groups excluding tert-OH is 3. The highest BCUT2D eigenvalue weighted by Crippen LogP contribution is 2.24. The van der Waals surface area contributed by atoms with Crippen LogP contribution < -0.4 is 0 Å². The van der Waals surface area contributed by atoms with Crippen LogP contribution in [0.1, 0.15) is 6.42 Å². The lowest BCUT2D eigenvalue weighted by Crippen LogP contribution is -2.49. The number of nitroso groups, excluding NO2 is 2. The Morgan fingerprint density at radius 3 is 2.72 bits per heavy atom. The second-order valence-electron chi connectivity index (χ2n) is 3.98. The molecule has 0 radical (unpaired) electrons. The molecule has 0 bridgehead atoms. The first-order valence-corrected chi connectivity index (χ1v) is 5.48. The number of nitrogens with zero attached hydrogens (tertiary/aromatic N) is 2. The number of rotatable bonds is 7. The van der Waals surface area contributed by atoms with E-state index in [9.17, 15) is 14.9 Å². The molecule has 3 N–H and O–H groups in total. The highest BCUT2D eigenvalue weighted by atomic mass is 16.7. The molecule has 5 unspecified atom stereocenters. The molecule has 0 aromatic heterocycles. The molecule has 9 heteroatoms. The maximum absolute atomic E-state index is 10.5. The van der Waals surface area contributed by atoms with Crippen molar-refractivity contribution >= 4 is 0 Å². The minimum absolute atomic E-state index is 0.0100. The summed E-state index contributed by atoms with van der Waals surface area (Å²) in [5.74, 6) is 0. The Bertz CT molecular complexity index is 278. The minimum atomic E-state index is -1.10. The van der Waals surface area contributed by atoms with Crippen LogP contribution in [0.2, 0.25) is 0 Å². The fraction of sp³-hybridized carbons (Fsp3) is 1.00. The van der Waals surface area contributed by atoms with E-state index in [1.54, 1.807) is 0 Å². The van der Waals surface area contributed by atoms with E-state index in [4.69, 9.17) is 19.7 Å². The third-order valence-electron chi connectivity index (χ3n) is 2.60. The van der Waals surface area contributed by atoms with Crippen LogP contribution in [-0.2, 0) is 9.47 Å². The molecule has 1 heterocycles. The van der Waals surface area contributed by atoms with Gasteiger partial charge in [0.05, 0.1) is 19.3 Å². The largest absolute Gasteiger partial charge is 0.394 e. The second-order valence-corrected chi connectivity index (χ2v) is 3.98. The van der Waals surface area contributed by atoms with Crippen LogP contribution in [0.5, 0.6) is 0 Å². The highest BCUT2D eigenvalue weighted by Gasteiger charge is 2.39. The molecule has 1 aliphatic rings. The quantitative estimate of drug-likeness (QED) is 0.487. The molecule has 104 valence electrons. The van der Waals surface area contributed by atoms with Gasteiger partial charge in [0, 0.05) is 6.42 Å². The summed E-state index contributed by atoms with van der Waals surface area (Å²) in [6.07, 6.45) is -4.00. The average Bonchev–Trinajstić information content (AvgIpc) is 2.36. The van der Waals surface area contributed by atoms with Crippen LogP contribution >= 0.6 is 0 Å². The Labute approximate surface area is 103 Å². The van der Waals surface area contributed by atoms with Gasteiger partial charge in [0.15, 0.2) is 6.29 Å². The van der Waals surface area contributed by atoms with Crippen molar-refractivity contribution in [1.29, 1.82) is 0 Å². The van der Waals surface area contributed by atoms with E-state index >= 15 is 0 Å². The van der Waals surface area contributed by atoms with Crippen molar-refractivity contribution in [3.05, 3.63) is 9.81 Å². The van der Waals surface area contributed by atoms with E-state index in [1.165, 1.54) is 0 Å². The van der Waals surface area contributed by atoms with Gasteiger partial charge in [-0.3, -0.25) is 0 Å². The molecule has 0 aliphatic carbocycles. The summed E-state index contributed by atoms with van der Waals surface area (Å²) in [6, 6.07) is -1.06. The summed E-state index contributed by atoms with van der Waals surface area (Å²) in [7, 11) is 0. The van der Waals surface area contributed by atoms with E-state index < -0.39 is 37.3 Å². The second kappa shape index (κ2) is 7.44. The van der Waals surface area contributed by atoms with Crippen molar-refractivity contribution in [1.82, 2.24) is 0 Å². The predicted molar refractivity (Wildman–Crippen MR) is 58.6 cm³/mol. The van der Waals surface area contributed by atoms with Gasteiger partial charge in [-0.15, -0.1) is 0 Å². The average molecular weight is 264 g/mol. The number of hydrogen-bond donors (Lipinski definition) is 3. The van der Waals surface area contributed by atoms with Crippen molar-refractivity contribution in [2.75, 3.05) is 19.8 Å². The lowest BCUT2D eigenvalue weighted by Gasteiger charge is -2.35. The first-order valence-electron chi connectivity index (χ1n) is 5.48. The van der Waals surface area contributed by atoms with Gasteiger partial charge in [0.1, 0.15) is 24.8 Å². The minimum Gasteiger partial charge on any atom is -0.394 e. The molecule has 1 aliphatic heterocycles. The number of aliphatic hydroxyl groups is 3. The first kappa shape index (κ1) is 15.1. The third kappa shape index (κ3) is 4.03. The lowest BCUT2D eigenvalue weighted by molar-refractivity contribution is -0.227. The fourth-order valence-corrected chi connectivity index (χ4v) is 1.66. The van der Waals surface area contributed by atoms with Gasteiger partial charge in [-0.05, 0) is 0 Å². The topological polar surface area (TPSA) is 138 Å². The fourth-order valence-electron chi connectivity index (χ4n) is 1.66.